The lowest BCUT2D eigenvalue weighted by molar-refractivity contribution is -0.126. The number of fused-ring (bicyclic) bond motifs is 1. The number of carbonyl (C=O) groups is 2. The summed E-state index contributed by atoms with van der Waals surface area (Å²) in [7, 11) is 0. The van der Waals surface area contributed by atoms with Gasteiger partial charge in [-0.15, -0.1) is 0 Å². The molecule has 2 N–H and O–H groups in total. The molecule has 0 aromatic heterocycles. The lowest BCUT2D eigenvalue weighted by Crippen LogP contribution is -2.42. The summed E-state index contributed by atoms with van der Waals surface area (Å²) in [5, 5.41) is 8.65. The summed E-state index contributed by atoms with van der Waals surface area (Å²) in [5.41, 5.74) is 6.64. The first-order valence-electron chi connectivity index (χ1n) is 5.40. The van der Waals surface area contributed by atoms with Crippen molar-refractivity contribution in [2.45, 2.75) is 6.42 Å². The molecule has 0 saturated heterocycles. The molecule has 1 aliphatic rings. The van der Waals surface area contributed by atoms with Gasteiger partial charge in [0.15, 0.2) is 12.7 Å². The van der Waals surface area contributed by atoms with E-state index in [1.165, 1.54) is 6.07 Å². The van der Waals surface area contributed by atoms with Gasteiger partial charge in [-0.3, -0.25) is 9.59 Å². The van der Waals surface area contributed by atoms with Gasteiger partial charge in [0, 0.05) is 0 Å². The molecule has 0 bridgehead atoms. The summed E-state index contributed by atoms with van der Waals surface area (Å²) >= 11 is 0. The quantitative estimate of drug-likeness (QED) is 0.737. The third-order valence-corrected chi connectivity index (χ3v) is 2.60. The zero-order valence-electron chi connectivity index (χ0n) is 9.55. The SMILES string of the molecule is N#CC(=O)N1C(=O)COc2ccc(CCN)cc21. The van der Waals surface area contributed by atoms with Crippen molar-refractivity contribution in [3.05, 3.63) is 23.8 Å². The van der Waals surface area contributed by atoms with Gasteiger partial charge >= 0.3 is 5.91 Å². The van der Waals surface area contributed by atoms with Crippen molar-refractivity contribution in [1.29, 1.82) is 5.26 Å². The van der Waals surface area contributed by atoms with Gasteiger partial charge < -0.3 is 10.5 Å². The second kappa shape index (κ2) is 4.85. The fraction of sp³-hybridized carbons (Fsp3) is 0.250. The van der Waals surface area contributed by atoms with Crippen molar-refractivity contribution in [3.63, 3.8) is 0 Å². The Hall–Kier alpha value is -2.39. The van der Waals surface area contributed by atoms with Gasteiger partial charge in [-0.1, -0.05) is 6.07 Å². The topological polar surface area (TPSA) is 96.4 Å². The highest BCUT2D eigenvalue weighted by molar-refractivity contribution is 6.22. The highest BCUT2D eigenvalue weighted by Crippen LogP contribution is 2.33. The number of rotatable bonds is 2. The minimum Gasteiger partial charge on any atom is -0.482 e. The molecular formula is C12H11N3O3. The van der Waals surface area contributed by atoms with Crippen LogP contribution < -0.4 is 15.4 Å². The number of amides is 2. The third kappa shape index (κ3) is 2.04. The van der Waals surface area contributed by atoms with Crippen LogP contribution in [0.4, 0.5) is 5.69 Å². The number of hydrogen-bond acceptors (Lipinski definition) is 5. The van der Waals surface area contributed by atoms with Gasteiger partial charge in [0.1, 0.15) is 5.75 Å². The Morgan fingerprint density at radius 3 is 3.00 bits per heavy atom. The predicted molar refractivity (Wildman–Crippen MR) is 62.8 cm³/mol. The molecule has 1 aromatic carbocycles. The largest absolute Gasteiger partial charge is 0.482 e. The molecule has 1 aromatic rings. The average molecular weight is 245 g/mol. The number of imide groups is 1. The molecule has 1 heterocycles. The van der Waals surface area contributed by atoms with Crippen LogP contribution in [0.15, 0.2) is 18.2 Å². The van der Waals surface area contributed by atoms with Crippen LogP contribution in [0.2, 0.25) is 0 Å². The Morgan fingerprint density at radius 1 is 1.56 bits per heavy atom. The summed E-state index contributed by atoms with van der Waals surface area (Å²) in [6, 6.07) is 6.58. The van der Waals surface area contributed by atoms with Gasteiger partial charge in [0.05, 0.1) is 5.69 Å². The molecule has 6 heteroatoms. The lowest BCUT2D eigenvalue weighted by atomic mass is 10.1. The van der Waals surface area contributed by atoms with E-state index in [1.54, 1.807) is 12.1 Å². The van der Waals surface area contributed by atoms with E-state index < -0.39 is 11.8 Å². The van der Waals surface area contributed by atoms with E-state index in [-0.39, 0.29) is 6.61 Å². The molecule has 92 valence electrons. The Morgan fingerprint density at radius 2 is 2.33 bits per heavy atom. The molecule has 0 fully saturated rings. The average Bonchev–Trinajstić information content (AvgIpc) is 2.38. The number of carbonyl (C=O) groups excluding carboxylic acids is 2. The van der Waals surface area contributed by atoms with Gasteiger partial charge in [-0.2, -0.15) is 5.26 Å². The molecule has 0 unspecified atom stereocenters. The van der Waals surface area contributed by atoms with Crippen LogP contribution in [0, 0.1) is 11.3 Å². The summed E-state index contributed by atoms with van der Waals surface area (Å²) in [6.07, 6.45) is 0.621. The second-order valence-electron chi connectivity index (χ2n) is 3.78. The van der Waals surface area contributed by atoms with Crippen LogP contribution in [0.3, 0.4) is 0 Å². The molecule has 2 rings (SSSR count). The molecule has 0 atom stereocenters. The van der Waals surface area contributed by atoms with E-state index in [0.717, 1.165) is 10.5 Å². The number of ether oxygens (including phenoxy) is 1. The maximum atomic E-state index is 11.6. The fourth-order valence-electron chi connectivity index (χ4n) is 1.79. The van der Waals surface area contributed by atoms with E-state index in [9.17, 15) is 9.59 Å². The van der Waals surface area contributed by atoms with Gasteiger partial charge in [-0.25, -0.2) is 4.90 Å². The maximum Gasteiger partial charge on any atom is 0.336 e. The summed E-state index contributed by atoms with van der Waals surface area (Å²) in [5.74, 6) is -1.03. The number of nitriles is 1. The molecule has 0 spiro atoms. The third-order valence-electron chi connectivity index (χ3n) is 2.60. The van der Waals surface area contributed by atoms with E-state index in [0.29, 0.717) is 24.4 Å². The van der Waals surface area contributed by atoms with Gasteiger partial charge in [0.2, 0.25) is 0 Å². The van der Waals surface area contributed by atoms with Crippen LogP contribution in [-0.2, 0) is 16.0 Å². The van der Waals surface area contributed by atoms with Crippen LogP contribution in [0.25, 0.3) is 0 Å². The number of hydrogen-bond donors (Lipinski definition) is 1. The standard InChI is InChI=1S/C12H11N3O3/c13-4-3-8-1-2-10-9(5-8)15(11(16)6-14)12(17)7-18-10/h1-2,5H,3-4,7,13H2. The molecule has 1 aliphatic heterocycles. The van der Waals surface area contributed by atoms with Crippen molar-refractivity contribution in [3.8, 4) is 11.8 Å². The van der Waals surface area contributed by atoms with Crippen LogP contribution in [0.1, 0.15) is 5.56 Å². The zero-order valence-corrected chi connectivity index (χ0v) is 9.55. The van der Waals surface area contributed by atoms with E-state index in [2.05, 4.69) is 0 Å². The number of nitrogens with zero attached hydrogens (tertiary/aromatic N) is 2. The first kappa shape index (κ1) is 12.1. The Kier molecular flexibility index (Phi) is 3.26. The van der Waals surface area contributed by atoms with E-state index in [4.69, 9.17) is 15.7 Å². The Bertz CT molecular complexity index is 548. The van der Waals surface area contributed by atoms with Crippen LogP contribution in [0.5, 0.6) is 5.75 Å². The van der Waals surface area contributed by atoms with Crippen molar-refractivity contribution >= 4 is 17.5 Å². The van der Waals surface area contributed by atoms with Crippen molar-refractivity contribution < 1.29 is 14.3 Å². The lowest BCUT2D eigenvalue weighted by Gasteiger charge is -2.26. The van der Waals surface area contributed by atoms with E-state index in [1.807, 2.05) is 6.07 Å². The smallest absolute Gasteiger partial charge is 0.336 e. The van der Waals surface area contributed by atoms with Gasteiger partial charge in [-0.05, 0) is 30.7 Å². The maximum absolute atomic E-state index is 11.6. The summed E-state index contributed by atoms with van der Waals surface area (Å²) < 4.78 is 5.21. The summed E-state index contributed by atoms with van der Waals surface area (Å²) in [6.45, 7) is 0.219. The van der Waals surface area contributed by atoms with E-state index >= 15 is 0 Å². The first-order valence-corrected chi connectivity index (χ1v) is 5.40. The summed E-state index contributed by atoms with van der Waals surface area (Å²) in [4.78, 5) is 23.9. The highest BCUT2D eigenvalue weighted by Gasteiger charge is 2.30. The second-order valence-corrected chi connectivity index (χ2v) is 3.78. The molecule has 6 nitrogen and oxygen atoms in total. The van der Waals surface area contributed by atoms with Gasteiger partial charge in [0.25, 0.3) is 5.91 Å². The minimum absolute atomic E-state index is 0.239. The Balaban J connectivity index is 2.47. The van der Waals surface area contributed by atoms with Crippen LogP contribution in [-0.4, -0.2) is 25.0 Å². The number of anilines is 1. The number of nitrogens with two attached hydrogens (primary N) is 1. The Labute approximate surface area is 104 Å². The first-order chi connectivity index (χ1) is 8.67. The molecule has 18 heavy (non-hydrogen) atoms. The molecule has 2 amide bonds. The molecule has 0 aliphatic carbocycles. The molecular weight excluding hydrogens is 234 g/mol. The monoisotopic (exact) mass is 245 g/mol. The zero-order chi connectivity index (χ0) is 13.1. The van der Waals surface area contributed by atoms with Crippen molar-refractivity contribution in [2.75, 3.05) is 18.1 Å². The normalized spacial score (nSPS) is 13.6. The van der Waals surface area contributed by atoms with Crippen LogP contribution >= 0.6 is 0 Å². The van der Waals surface area contributed by atoms with Crippen molar-refractivity contribution in [1.82, 2.24) is 0 Å². The van der Waals surface area contributed by atoms with Crippen molar-refractivity contribution in [2.24, 2.45) is 5.73 Å². The molecule has 0 saturated carbocycles. The predicted octanol–water partition coefficient (Wildman–Crippen LogP) is -0.0366. The minimum atomic E-state index is -0.908. The fourth-order valence-corrected chi connectivity index (χ4v) is 1.79. The highest BCUT2D eigenvalue weighted by atomic mass is 16.5. The molecule has 0 radical (unpaired) electrons. The number of benzene rings is 1.